The highest BCUT2D eigenvalue weighted by Crippen LogP contribution is 2.11. The van der Waals surface area contributed by atoms with Gasteiger partial charge in [-0.15, -0.1) is 0 Å². The second-order valence-electron chi connectivity index (χ2n) is 3.56. The predicted molar refractivity (Wildman–Crippen MR) is 58.3 cm³/mol. The highest BCUT2D eigenvalue weighted by Gasteiger charge is 2.36. The van der Waals surface area contributed by atoms with Gasteiger partial charge < -0.3 is 5.32 Å². The van der Waals surface area contributed by atoms with Crippen LogP contribution in [0, 0.1) is 5.41 Å². The van der Waals surface area contributed by atoms with Crippen molar-refractivity contribution in [3.63, 3.8) is 0 Å². The molecule has 0 spiro atoms. The van der Waals surface area contributed by atoms with Crippen molar-refractivity contribution in [3.05, 3.63) is 35.9 Å². The normalized spacial score (nSPS) is 19.8. The zero-order chi connectivity index (χ0) is 11.7. The first-order valence-electron chi connectivity index (χ1n) is 4.89. The summed E-state index contributed by atoms with van der Waals surface area (Å²) in [5.41, 5.74) is 0.400. The average molecular weight is 217 g/mol. The minimum absolute atomic E-state index is 0.0150. The largest absolute Gasteiger partial charge is 0.330 e. The maximum absolute atomic E-state index is 11.9. The quantitative estimate of drug-likeness (QED) is 0.742. The fourth-order valence-corrected chi connectivity index (χ4v) is 1.53. The van der Waals surface area contributed by atoms with Crippen LogP contribution in [-0.2, 0) is 0 Å². The molecule has 3 amide bonds. The highest BCUT2D eigenvalue weighted by atomic mass is 16.2. The lowest BCUT2D eigenvalue weighted by Gasteiger charge is -2.12. The molecule has 1 heterocycles. The Morgan fingerprint density at radius 1 is 1.38 bits per heavy atom. The molecule has 1 aromatic carbocycles. The second kappa shape index (κ2) is 3.77. The lowest BCUT2D eigenvalue weighted by Crippen LogP contribution is -2.36. The van der Waals surface area contributed by atoms with Crippen LogP contribution in [0.5, 0.6) is 0 Å². The lowest BCUT2D eigenvalue weighted by molar-refractivity contribution is 0.0881. The van der Waals surface area contributed by atoms with E-state index < -0.39 is 18.0 Å². The Balaban J connectivity index is 2.30. The number of nitrogens with zero attached hydrogens (tertiary/aromatic N) is 1. The maximum atomic E-state index is 11.9. The van der Waals surface area contributed by atoms with Crippen LogP contribution in [0.2, 0.25) is 0 Å². The van der Waals surface area contributed by atoms with Gasteiger partial charge in [-0.1, -0.05) is 18.2 Å². The smallest absolute Gasteiger partial charge is 0.328 e. The van der Waals surface area contributed by atoms with Gasteiger partial charge in [0.15, 0.2) is 0 Å². The van der Waals surface area contributed by atoms with Crippen molar-refractivity contribution in [2.24, 2.45) is 0 Å². The number of imide groups is 1. The molecule has 1 aliphatic rings. The molecule has 0 aromatic heterocycles. The SMILES string of the molecule is CC1NC(=O)N(C(=O)c2ccccc2)C1=N. The van der Waals surface area contributed by atoms with Crippen molar-refractivity contribution in [1.82, 2.24) is 10.2 Å². The van der Waals surface area contributed by atoms with Crippen LogP contribution in [0.15, 0.2) is 30.3 Å². The summed E-state index contributed by atoms with van der Waals surface area (Å²) in [7, 11) is 0. The first kappa shape index (κ1) is 10.4. The Kier molecular flexibility index (Phi) is 2.44. The minimum Gasteiger partial charge on any atom is -0.328 e. The van der Waals surface area contributed by atoms with Crippen LogP contribution in [0.25, 0.3) is 0 Å². The van der Waals surface area contributed by atoms with E-state index in [1.165, 1.54) is 0 Å². The van der Waals surface area contributed by atoms with Gasteiger partial charge in [0, 0.05) is 5.56 Å². The Morgan fingerprint density at radius 2 is 2.00 bits per heavy atom. The molecule has 1 aliphatic heterocycles. The molecule has 5 nitrogen and oxygen atoms in total. The summed E-state index contributed by atoms with van der Waals surface area (Å²) in [5.74, 6) is -0.480. The summed E-state index contributed by atoms with van der Waals surface area (Å²) in [6.07, 6.45) is 0. The average Bonchev–Trinajstić information content (AvgIpc) is 2.54. The van der Waals surface area contributed by atoms with E-state index in [1.807, 2.05) is 0 Å². The standard InChI is InChI=1S/C11H11N3O2/c1-7-9(12)14(11(16)13-7)10(15)8-5-3-2-4-6-8/h2-7,12H,1H3,(H,13,16). The number of amides is 3. The first-order chi connectivity index (χ1) is 7.61. The van der Waals surface area contributed by atoms with Crippen molar-refractivity contribution in [2.75, 3.05) is 0 Å². The van der Waals surface area contributed by atoms with E-state index in [2.05, 4.69) is 5.32 Å². The van der Waals surface area contributed by atoms with Gasteiger partial charge in [-0.05, 0) is 19.1 Å². The van der Waals surface area contributed by atoms with Gasteiger partial charge in [0.2, 0.25) is 0 Å². The summed E-state index contributed by atoms with van der Waals surface area (Å²) in [6.45, 7) is 1.67. The summed E-state index contributed by atoms with van der Waals surface area (Å²) in [4.78, 5) is 24.3. The van der Waals surface area contributed by atoms with Crippen molar-refractivity contribution in [2.45, 2.75) is 13.0 Å². The van der Waals surface area contributed by atoms with Crippen LogP contribution in [0.3, 0.4) is 0 Å². The Morgan fingerprint density at radius 3 is 2.50 bits per heavy atom. The Bertz CT molecular complexity index is 456. The molecule has 2 rings (SSSR count). The van der Waals surface area contributed by atoms with Crippen LogP contribution >= 0.6 is 0 Å². The third kappa shape index (κ3) is 1.56. The van der Waals surface area contributed by atoms with Crippen LogP contribution in [0.1, 0.15) is 17.3 Å². The molecule has 16 heavy (non-hydrogen) atoms. The fraction of sp³-hybridized carbons (Fsp3) is 0.182. The lowest BCUT2D eigenvalue weighted by atomic mass is 10.2. The number of nitrogens with one attached hydrogen (secondary N) is 2. The molecule has 0 radical (unpaired) electrons. The third-order valence-corrected chi connectivity index (χ3v) is 2.42. The molecule has 2 N–H and O–H groups in total. The van der Waals surface area contributed by atoms with Gasteiger partial charge in [0.05, 0.1) is 6.04 Å². The topological polar surface area (TPSA) is 73.3 Å². The maximum Gasteiger partial charge on any atom is 0.330 e. The summed E-state index contributed by atoms with van der Waals surface area (Å²) in [6, 6.07) is 7.50. The van der Waals surface area contributed by atoms with E-state index >= 15 is 0 Å². The van der Waals surface area contributed by atoms with E-state index in [-0.39, 0.29) is 5.84 Å². The van der Waals surface area contributed by atoms with Gasteiger partial charge >= 0.3 is 6.03 Å². The van der Waals surface area contributed by atoms with Crippen molar-refractivity contribution < 1.29 is 9.59 Å². The van der Waals surface area contributed by atoms with Crippen molar-refractivity contribution in [1.29, 1.82) is 5.41 Å². The zero-order valence-electron chi connectivity index (χ0n) is 8.73. The minimum atomic E-state index is -0.536. The number of carbonyl (C=O) groups is 2. The number of hydrogen-bond donors (Lipinski definition) is 2. The number of hydrogen-bond acceptors (Lipinski definition) is 3. The van der Waals surface area contributed by atoms with E-state index in [0.29, 0.717) is 5.56 Å². The third-order valence-electron chi connectivity index (χ3n) is 2.42. The number of carbonyl (C=O) groups excluding carboxylic acids is 2. The van der Waals surface area contributed by atoms with E-state index in [1.54, 1.807) is 37.3 Å². The predicted octanol–water partition coefficient (Wildman–Crippen LogP) is 1.22. The fourth-order valence-electron chi connectivity index (χ4n) is 1.53. The molecule has 1 fully saturated rings. The molecule has 82 valence electrons. The van der Waals surface area contributed by atoms with E-state index in [4.69, 9.17) is 5.41 Å². The molecule has 1 atom stereocenters. The van der Waals surface area contributed by atoms with Gasteiger partial charge in [0.1, 0.15) is 5.84 Å². The molecular weight excluding hydrogens is 206 g/mol. The summed E-state index contributed by atoms with van der Waals surface area (Å²) >= 11 is 0. The van der Waals surface area contributed by atoms with E-state index in [0.717, 1.165) is 4.90 Å². The van der Waals surface area contributed by atoms with Crippen molar-refractivity contribution in [3.8, 4) is 0 Å². The van der Waals surface area contributed by atoms with E-state index in [9.17, 15) is 9.59 Å². The first-order valence-corrected chi connectivity index (χ1v) is 4.89. The molecule has 0 bridgehead atoms. The van der Waals surface area contributed by atoms with Gasteiger partial charge in [-0.2, -0.15) is 0 Å². The van der Waals surface area contributed by atoms with Crippen molar-refractivity contribution >= 4 is 17.8 Å². The molecule has 0 aliphatic carbocycles. The highest BCUT2D eigenvalue weighted by molar-refractivity contribution is 6.21. The van der Waals surface area contributed by atoms with Crippen LogP contribution in [0.4, 0.5) is 4.79 Å². The zero-order valence-corrected chi connectivity index (χ0v) is 8.73. The van der Waals surface area contributed by atoms with Gasteiger partial charge in [0.25, 0.3) is 5.91 Å². The molecule has 0 saturated carbocycles. The summed E-state index contributed by atoms with van der Waals surface area (Å²) < 4.78 is 0. The Labute approximate surface area is 92.6 Å². The number of benzene rings is 1. The number of amidine groups is 1. The van der Waals surface area contributed by atoms with Gasteiger partial charge in [-0.3, -0.25) is 10.2 Å². The molecule has 5 heteroatoms. The molecular formula is C11H11N3O2. The number of rotatable bonds is 1. The Hall–Kier alpha value is -2.17. The summed E-state index contributed by atoms with van der Waals surface area (Å²) in [5, 5.41) is 10.2. The number of urea groups is 1. The molecule has 1 saturated heterocycles. The van der Waals surface area contributed by atoms with Gasteiger partial charge in [-0.25, -0.2) is 9.69 Å². The molecule has 1 unspecified atom stereocenters. The second-order valence-corrected chi connectivity index (χ2v) is 3.56. The monoisotopic (exact) mass is 217 g/mol. The van der Waals surface area contributed by atoms with Crippen LogP contribution in [-0.4, -0.2) is 28.7 Å². The molecule has 1 aromatic rings. The van der Waals surface area contributed by atoms with Crippen LogP contribution < -0.4 is 5.32 Å².